The maximum Gasteiger partial charge on any atom is 0.433 e. The zero-order valence-corrected chi connectivity index (χ0v) is 9.22. The van der Waals surface area contributed by atoms with Gasteiger partial charge in [0.05, 0.1) is 12.2 Å². The number of hydrogen-bond donors (Lipinski definition) is 0. The Morgan fingerprint density at radius 3 is 2.44 bits per heavy atom. The standard InChI is InChI=1S/C11H15F3N2/c1-8-7-15-16(10(8)11(12,13)14)9-5-3-2-4-6-9/h7,9H,2-6H2,1H3. The van der Waals surface area contributed by atoms with Crippen molar-refractivity contribution in [2.24, 2.45) is 0 Å². The third-order valence-electron chi connectivity index (χ3n) is 3.17. The van der Waals surface area contributed by atoms with E-state index in [0.29, 0.717) is 0 Å². The van der Waals surface area contributed by atoms with Crippen LogP contribution in [0.4, 0.5) is 13.2 Å². The molecule has 2 nitrogen and oxygen atoms in total. The van der Waals surface area contributed by atoms with E-state index >= 15 is 0 Å². The van der Waals surface area contributed by atoms with E-state index in [1.165, 1.54) is 17.8 Å². The normalized spacial score (nSPS) is 19.0. The fourth-order valence-corrected chi connectivity index (χ4v) is 2.40. The Morgan fingerprint density at radius 1 is 1.25 bits per heavy atom. The van der Waals surface area contributed by atoms with E-state index in [1.54, 1.807) is 0 Å². The maximum absolute atomic E-state index is 12.8. The van der Waals surface area contributed by atoms with Gasteiger partial charge in [-0.25, -0.2) is 0 Å². The van der Waals surface area contributed by atoms with Crippen molar-refractivity contribution in [3.05, 3.63) is 17.5 Å². The van der Waals surface area contributed by atoms with Crippen LogP contribution in [0.25, 0.3) is 0 Å². The zero-order chi connectivity index (χ0) is 11.8. The average Bonchev–Trinajstić information content (AvgIpc) is 2.61. The fraction of sp³-hybridized carbons (Fsp3) is 0.727. The molecule has 0 radical (unpaired) electrons. The summed E-state index contributed by atoms with van der Waals surface area (Å²) >= 11 is 0. The number of aryl methyl sites for hydroxylation is 1. The summed E-state index contributed by atoms with van der Waals surface area (Å²) in [5, 5.41) is 3.90. The number of aromatic nitrogens is 2. The van der Waals surface area contributed by atoms with Gasteiger partial charge in [0.25, 0.3) is 0 Å². The van der Waals surface area contributed by atoms with Crippen molar-refractivity contribution in [1.82, 2.24) is 9.78 Å². The van der Waals surface area contributed by atoms with Crippen molar-refractivity contribution < 1.29 is 13.2 Å². The summed E-state index contributed by atoms with van der Waals surface area (Å²) in [6, 6.07) is -0.0703. The zero-order valence-electron chi connectivity index (χ0n) is 9.22. The molecule has 0 aliphatic heterocycles. The van der Waals surface area contributed by atoms with Gasteiger partial charge in [-0.05, 0) is 25.3 Å². The first-order valence-electron chi connectivity index (χ1n) is 5.61. The van der Waals surface area contributed by atoms with Crippen molar-refractivity contribution in [3.8, 4) is 0 Å². The summed E-state index contributed by atoms with van der Waals surface area (Å²) in [5.41, 5.74) is -0.350. The molecule has 1 aliphatic rings. The van der Waals surface area contributed by atoms with E-state index in [9.17, 15) is 13.2 Å². The van der Waals surface area contributed by atoms with Crippen LogP contribution in [0.5, 0.6) is 0 Å². The molecule has 0 N–H and O–H groups in total. The van der Waals surface area contributed by atoms with Crippen LogP contribution in [0, 0.1) is 6.92 Å². The van der Waals surface area contributed by atoms with Gasteiger partial charge >= 0.3 is 6.18 Å². The minimum atomic E-state index is -4.29. The molecule has 1 aliphatic carbocycles. The van der Waals surface area contributed by atoms with E-state index in [0.717, 1.165) is 32.1 Å². The minimum Gasteiger partial charge on any atom is -0.257 e. The minimum absolute atomic E-state index is 0.0703. The molecule has 1 aromatic heterocycles. The predicted molar refractivity (Wildman–Crippen MR) is 54.1 cm³/mol. The summed E-state index contributed by atoms with van der Waals surface area (Å²) in [4.78, 5) is 0. The van der Waals surface area contributed by atoms with Crippen LogP contribution in [0.15, 0.2) is 6.20 Å². The molecule has 2 rings (SSSR count). The Bertz CT molecular complexity index is 362. The maximum atomic E-state index is 12.8. The van der Waals surface area contributed by atoms with Gasteiger partial charge in [-0.2, -0.15) is 18.3 Å². The number of nitrogens with zero attached hydrogens (tertiary/aromatic N) is 2. The highest BCUT2D eigenvalue weighted by atomic mass is 19.4. The molecule has 0 bridgehead atoms. The number of rotatable bonds is 1. The van der Waals surface area contributed by atoms with E-state index in [-0.39, 0.29) is 11.6 Å². The third-order valence-corrected chi connectivity index (χ3v) is 3.17. The van der Waals surface area contributed by atoms with Gasteiger partial charge in [-0.1, -0.05) is 19.3 Å². The molecule has 1 heterocycles. The Balaban J connectivity index is 2.33. The van der Waals surface area contributed by atoms with Gasteiger partial charge < -0.3 is 0 Å². The summed E-state index contributed by atoms with van der Waals surface area (Å²) in [5.74, 6) is 0. The molecular formula is C11H15F3N2. The summed E-state index contributed by atoms with van der Waals surface area (Å²) < 4.78 is 39.7. The molecule has 0 aromatic carbocycles. The number of alkyl halides is 3. The first-order chi connectivity index (χ1) is 7.50. The molecule has 0 spiro atoms. The smallest absolute Gasteiger partial charge is 0.257 e. The molecule has 0 unspecified atom stereocenters. The van der Waals surface area contributed by atoms with Crippen molar-refractivity contribution in [2.75, 3.05) is 0 Å². The van der Waals surface area contributed by atoms with Gasteiger partial charge in [0.2, 0.25) is 0 Å². The second-order valence-electron chi connectivity index (χ2n) is 4.41. The first-order valence-corrected chi connectivity index (χ1v) is 5.61. The van der Waals surface area contributed by atoms with E-state index < -0.39 is 11.9 Å². The van der Waals surface area contributed by atoms with Crippen LogP contribution in [0.1, 0.15) is 49.4 Å². The van der Waals surface area contributed by atoms with Crippen LogP contribution in [0.2, 0.25) is 0 Å². The Morgan fingerprint density at radius 2 is 1.88 bits per heavy atom. The molecule has 1 aromatic rings. The lowest BCUT2D eigenvalue weighted by molar-refractivity contribution is -0.145. The Hall–Kier alpha value is -1.00. The highest BCUT2D eigenvalue weighted by Gasteiger charge is 2.38. The van der Waals surface area contributed by atoms with Crippen LogP contribution in [-0.2, 0) is 6.18 Å². The predicted octanol–water partition coefficient (Wildman–Crippen LogP) is 3.72. The van der Waals surface area contributed by atoms with E-state index in [2.05, 4.69) is 5.10 Å². The van der Waals surface area contributed by atoms with Crippen LogP contribution >= 0.6 is 0 Å². The summed E-state index contributed by atoms with van der Waals surface area (Å²) in [6.07, 6.45) is 1.77. The monoisotopic (exact) mass is 232 g/mol. The third kappa shape index (κ3) is 2.08. The largest absolute Gasteiger partial charge is 0.433 e. The molecule has 0 saturated heterocycles. The van der Waals surface area contributed by atoms with Crippen LogP contribution < -0.4 is 0 Å². The van der Waals surface area contributed by atoms with Gasteiger partial charge in [0.15, 0.2) is 0 Å². The number of halogens is 3. The van der Waals surface area contributed by atoms with Crippen molar-refractivity contribution >= 4 is 0 Å². The lowest BCUT2D eigenvalue weighted by atomic mass is 9.95. The van der Waals surface area contributed by atoms with Gasteiger partial charge in [-0.15, -0.1) is 0 Å². The van der Waals surface area contributed by atoms with Crippen molar-refractivity contribution in [3.63, 3.8) is 0 Å². The number of hydrogen-bond acceptors (Lipinski definition) is 1. The topological polar surface area (TPSA) is 17.8 Å². The molecular weight excluding hydrogens is 217 g/mol. The fourth-order valence-electron chi connectivity index (χ4n) is 2.40. The van der Waals surface area contributed by atoms with E-state index in [1.807, 2.05) is 0 Å². The quantitative estimate of drug-likeness (QED) is 0.721. The Labute approximate surface area is 92.4 Å². The van der Waals surface area contributed by atoms with Gasteiger partial charge in [0.1, 0.15) is 5.69 Å². The van der Waals surface area contributed by atoms with Crippen LogP contribution in [0.3, 0.4) is 0 Å². The second-order valence-corrected chi connectivity index (χ2v) is 4.41. The van der Waals surface area contributed by atoms with Gasteiger partial charge in [-0.3, -0.25) is 4.68 Å². The van der Waals surface area contributed by atoms with Crippen LogP contribution in [-0.4, -0.2) is 9.78 Å². The first kappa shape index (κ1) is 11.5. The Kier molecular flexibility index (Phi) is 2.95. The van der Waals surface area contributed by atoms with Gasteiger partial charge in [0, 0.05) is 0 Å². The summed E-state index contributed by atoms with van der Waals surface area (Å²) in [7, 11) is 0. The van der Waals surface area contributed by atoms with Crippen molar-refractivity contribution in [2.45, 2.75) is 51.2 Å². The molecule has 5 heteroatoms. The molecule has 16 heavy (non-hydrogen) atoms. The molecule has 1 saturated carbocycles. The molecule has 1 fully saturated rings. The summed E-state index contributed by atoms with van der Waals surface area (Å²) in [6.45, 7) is 1.47. The second kappa shape index (κ2) is 4.11. The van der Waals surface area contributed by atoms with Crippen molar-refractivity contribution in [1.29, 1.82) is 0 Å². The highest BCUT2D eigenvalue weighted by molar-refractivity contribution is 5.19. The SMILES string of the molecule is Cc1cnn(C2CCCCC2)c1C(F)(F)F. The molecule has 90 valence electrons. The lowest BCUT2D eigenvalue weighted by Gasteiger charge is -2.24. The average molecular weight is 232 g/mol. The highest BCUT2D eigenvalue weighted by Crippen LogP contribution is 2.36. The molecule has 0 amide bonds. The van der Waals surface area contributed by atoms with E-state index in [4.69, 9.17) is 0 Å². The lowest BCUT2D eigenvalue weighted by Crippen LogP contribution is -2.22. The molecule has 0 atom stereocenters.